The third-order valence-electron chi connectivity index (χ3n) is 10.9. The summed E-state index contributed by atoms with van der Waals surface area (Å²) >= 11 is 0. The van der Waals surface area contributed by atoms with E-state index in [2.05, 4.69) is 163 Å². The van der Waals surface area contributed by atoms with E-state index in [0.717, 1.165) is 0 Å². The highest BCUT2D eigenvalue weighted by molar-refractivity contribution is 8.33. The van der Waals surface area contributed by atoms with Crippen molar-refractivity contribution in [2.75, 3.05) is 17.3 Å². The van der Waals surface area contributed by atoms with Crippen LogP contribution in [0.4, 0.5) is 11.4 Å². The van der Waals surface area contributed by atoms with E-state index in [4.69, 9.17) is 0 Å². The summed E-state index contributed by atoms with van der Waals surface area (Å²) in [5, 5.41) is 2.64. The second kappa shape index (κ2) is 8.53. The first-order chi connectivity index (χ1) is 21.9. The number of anilines is 2. The molecule has 6 aromatic carbocycles. The van der Waals surface area contributed by atoms with Crippen molar-refractivity contribution in [3.63, 3.8) is 0 Å². The molecule has 0 fully saturated rings. The minimum atomic E-state index is -1.29. The summed E-state index contributed by atoms with van der Waals surface area (Å²) in [6.45, 7) is 4.89. The third kappa shape index (κ3) is 3.04. The van der Waals surface area contributed by atoms with Gasteiger partial charge in [-0.15, -0.1) is 0 Å². The molecule has 4 heteroatoms. The van der Waals surface area contributed by atoms with Gasteiger partial charge in [0.25, 0.3) is 0 Å². The zero-order valence-electron chi connectivity index (χ0n) is 26.0. The van der Waals surface area contributed by atoms with Gasteiger partial charge in [-0.05, 0) is 76.0 Å². The number of benzene rings is 6. The summed E-state index contributed by atoms with van der Waals surface area (Å²) in [6.07, 6.45) is 4.99. The lowest BCUT2D eigenvalue weighted by atomic mass is 9.46. The minimum absolute atomic E-state index is 0.0168. The lowest BCUT2D eigenvalue weighted by Gasteiger charge is -2.50. The first-order valence-corrected chi connectivity index (χ1v) is 18.3. The fourth-order valence-electron chi connectivity index (χ4n) is 8.96. The molecule has 0 atom stereocenters. The molecule has 0 spiro atoms. The van der Waals surface area contributed by atoms with Crippen molar-refractivity contribution in [1.29, 1.82) is 0 Å². The van der Waals surface area contributed by atoms with Crippen LogP contribution in [0.15, 0.2) is 137 Å². The quantitative estimate of drug-likeness (QED) is 0.172. The summed E-state index contributed by atoms with van der Waals surface area (Å²) in [5.41, 5.74) is 14.8. The second-order valence-corrected chi connectivity index (χ2v) is 17.3. The number of hydrogen-bond donors (Lipinski definition) is 0. The van der Waals surface area contributed by atoms with Gasteiger partial charge in [-0.25, -0.2) is 0 Å². The summed E-state index contributed by atoms with van der Waals surface area (Å²) in [7, 11) is -1.29. The second-order valence-electron chi connectivity index (χ2n) is 13.7. The van der Waals surface area contributed by atoms with Crippen LogP contribution in [0.3, 0.4) is 0 Å². The first kappa shape index (κ1) is 25.6. The largest absolute Gasteiger partial charge is 0.375 e. The van der Waals surface area contributed by atoms with E-state index in [-0.39, 0.29) is 12.3 Å². The standard InChI is InChI=1S/C41H33BN2S/c1-41(2)30-17-7-5-14-26(30)28-24-25-37-40(38(28)41)44(35-22-11-12-23-36(35)45(37,3)4)42-31-18-8-10-21-34(31)43-33-20-9-6-15-27(33)29-16-13-19-32(42)39(29)43/h5-25H,1-4H3. The average Bonchev–Trinajstić information content (AvgIpc) is 3.53. The average molecular weight is 597 g/mol. The van der Waals surface area contributed by atoms with Gasteiger partial charge in [0, 0.05) is 43.0 Å². The predicted octanol–water partition coefficient (Wildman–Crippen LogP) is 9.14. The van der Waals surface area contributed by atoms with Crippen LogP contribution in [0.5, 0.6) is 0 Å². The van der Waals surface area contributed by atoms with Gasteiger partial charge in [0.15, 0.2) is 0 Å². The van der Waals surface area contributed by atoms with Crippen LogP contribution in [-0.4, -0.2) is 23.9 Å². The maximum Gasteiger partial charge on any atom is 0.332 e. The van der Waals surface area contributed by atoms with E-state index in [1.54, 1.807) is 0 Å². The molecule has 216 valence electrons. The molecular weight excluding hydrogens is 563 g/mol. The molecule has 45 heavy (non-hydrogen) atoms. The van der Waals surface area contributed by atoms with Crippen molar-refractivity contribution in [3.8, 4) is 16.8 Å². The van der Waals surface area contributed by atoms with Crippen LogP contribution in [0.1, 0.15) is 25.0 Å². The van der Waals surface area contributed by atoms with E-state index >= 15 is 0 Å². The molecule has 0 unspecified atom stereocenters. The molecule has 7 aromatic rings. The predicted molar refractivity (Wildman–Crippen MR) is 194 cm³/mol. The van der Waals surface area contributed by atoms with Crippen molar-refractivity contribution < 1.29 is 0 Å². The maximum absolute atomic E-state index is 2.75. The van der Waals surface area contributed by atoms with Gasteiger partial charge >= 0.3 is 6.85 Å². The maximum atomic E-state index is 2.75. The molecule has 3 aliphatic rings. The molecule has 2 aliphatic heterocycles. The molecule has 0 amide bonds. The Balaban J connectivity index is 1.38. The molecule has 0 saturated heterocycles. The molecule has 1 aliphatic carbocycles. The van der Waals surface area contributed by atoms with Gasteiger partial charge in [0.05, 0.1) is 11.0 Å². The van der Waals surface area contributed by atoms with Crippen molar-refractivity contribution in [2.45, 2.75) is 29.1 Å². The number of fused-ring (bicyclic) bond motifs is 11. The molecule has 0 bridgehead atoms. The van der Waals surface area contributed by atoms with Crippen LogP contribution in [0, 0.1) is 0 Å². The topological polar surface area (TPSA) is 8.17 Å². The highest BCUT2D eigenvalue weighted by atomic mass is 32.3. The van der Waals surface area contributed by atoms with Crippen LogP contribution in [0.25, 0.3) is 38.6 Å². The Morgan fingerprint density at radius 1 is 0.578 bits per heavy atom. The molecule has 0 saturated carbocycles. The summed E-state index contributed by atoms with van der Waals surface area (Å²) < 4.78 is 2.52. The lowest BCUT2D eigenvalue weighted by molar-refractivity contribution is 0.659. The SMILES string of the molecule is CC1(C)c2ccccc2-c2ccc3c(c21)N(B1c2ccccc2-n2c4ccccc4c4cccc1c42)c1ccccc1S3(C)C. The Kier molecular flexibility index (Phi) is 4.86. The number of rotatable bonds is 1. The fourth-order valence-corrected chi connectivity index (χ4v) is 11.4. The van der Waals surface area contributed by atoms with E-state index in [9.17, 15) is 0 Å². The van der Waals surface area contributed by atoms with Gasteiger partial charge in [-0.1, -0.05) is 111 Å². The van der Waals surface area contributed by atoms with E-state index in [0.29, 0.717) is 0 Å². The first-order valence-electron chi connectivity index (χ1n) is 15.9. The Hall–Kier alpha value is -4.67. The molecule has 0 N–H and O–H groups in total. The monoisotopic (exact) mass is 596 g/mol. The fraction of sp³-hybridized carbons (Fsp3) is 0.122. The van der Waals surface area contributed by atoms with Crippen LogP contribution < -0.4 is 15.7 Å². The van der Waals surface area contributed by atoms with E-state index in [1.807, 2.05) is 0 Å². The van der Waals surface area contributed by atoms with Crippen molar-refractivity contribution in [2.24, 2.45) is 0 Å². The number of aromatic nitrogens is 1. The van der Waals surface area contributed by atoms with Crippen molar-refractivity contribution >= 4 is 61.0 Å². The van der Waals surface area contributed by atoms with Gasteiger partial charge < -0.3 is 9.38 Å². The molecule has 2 nitrogen and oxygen atoms in total. The van der Waals surface area contributed by atoms with Gasteiger partial charge in [-0.3, -0.25) is 0 Å². The Morgan fingerprint density at radius 2 is 1.27 bits per heavy atom. The summed E-state index contributed by atoms with van der Waals surface area (Å²) in [4.78, 5) is 5.70. The summed E-state index contributed by atoms with van der Waals surface area (Å²) in [6, 6.07) is 48.2. The summed E-state index contributed by atoms with van der Waals surface area (Å²) in [5.74, 6) is 0. The molecule has 1 aromatic heterocycles. The Labute approximate surface area is 266 Å². The normalized spacial score (nSPS) is 17.0. The molecule has 0 radical (unpaired) electrons. The smallest absolute Gasteiger partial charge is 0.332 e. The number of nitrogens with zero attached hydrogens (tertiary/aromatic N) is 2. The van der Waals surface area contributed by atoms with Gasteiger partial charge in [0.2, 0.25) is 0 Å². The number of para-hydroxylation sites is 4. The minimum Gasteiger partial charge on any atom is -0.375 e. The van der Waals surface area contributed by atoms with Gasteiger partial charge in [-0.2, -0.15) is 10.0 Å². The van der Waals surface area contributed by atoms with Crippen LogP contribution in [0.2, 0.25) is 0 Å². The molecule has 3 heterocycles. The zero-order chi connectivity index (χ0) is 30.2. The van der Waals surface area contributed by atoms with Gasteiger partial charge in [0.1, 0.15) is 0 Å². The highest BCUT2D eigenvalue weighted by Gasteiger charge is 2.48. The highest BCUT2D eigenvalue weighted by Crippen LogP contribution is 2.69. The Bertz CT molecular complexity index is 2420. The Morgan fingerprint density at radius 3 is 2.16 bits per heavy atom. The van der Waals surface area contributed by atoms with Crippen LogP contribution in [-0.2, 0) is 5.41 Å². The zero-order valence-corrected chi connectivity index (χ0v) is 26.8. The van der Waals surface area contributed by atoms with Crippen LogP contribution >= 0.6 is 10.0 Å². The van der Waals surface area contributed by atoms with E-state index < -0.39 is 10.0 Å². The van der Waals surface area contributed by atoms with Crippen molar-refractivity contribution in [1.82, 2.24) is 4.57 Å². The lowest BCUT2D eigenvalue weighted by Crippen LogP contribution is -2.59. The molecular formula is C41H33BN2S. The molecule has 10 rings (SSSR count). The number of hydrogen-bond acceptors (Lipinski definition) is 1. The van der Waals surface area contributed by atoms with Crippen molar-refractivity contribution in [3.05, 3.63) is 139 Å². The van der Waals surface area contributed by atoms with E-state index in [1.165, 1.54) is 81.8 Å². The third-order valence-corrected chi connectivity index (χ3v) is 13.7.